The van der Waals surface area contributed by atoms with E-state index < -0.39 is 0 Å². The van der Waals surface area contributed by atoms with Crippen LogP contribution in [-0.2, 0) is 11.8 Å². The summed E-state index contributed by atoms with van der Waals surface area (Å²) in [5.74, 6) is 2.84. The molecule has 0 atom stereocenters. The third kappa shape index (κ3) is 4.06. The van der Waals surface area contributed by atoms with E-state index in [1.54, 1.807) is 18.5 Å². The highest BCUT2D eigenvalue weighted by atomic mass is 16.5. The van der Waals surface area contributed by atoms with Gasteiger partial charge in [-0.15, -0.1) is 0 Å². The van der Waals surface area contributed by atoms with Crippen LogP contribution in [0.5, 0.6) is 0 Å². The van der Waals surface area contributed by atoms with Crippen LogP contribution in [-0.4, -0.2) is 44.2 Å². The number of aromatic nitrogens is 4. The smallest absolute Gasteiger partial charge is 0.289 e. The van der Waals surface area contributed by atoms with Gasteiger partial charge in [-0.3, -0.25) is 9.78 Å². The number of piperidine rings is 1. The number of hydrogen-bond acceptors (Lipinski definition) is 8. The Labute approximate surface area is 190 Å². The van der Waals surface area contributed by atoms with Crippen LogP contribution in [0.25, 0.3) is 11.5 Å². The molecule has 1 aliphatic rings. The Morgan fingerprint density at radius 3 is 2.64 bits per heavy atom. The van der Waals surface area contributed by atoms with Gasteiger partial charge in [0.1, 0.15) is 11.5 Å². The van der Waals surface area contributed by atoms with Crippen molar-refractivity contribution in [2.75, 3.05) is 13.1 Å². The van der Waals surface area contributed by atoms with Gasteiger partial charge in [0.05, 0.1) is 11.3 Å². The van der Waals surface area contributed by atoms with Crippen LogP contribution in [0.4, 0.5) is 0 Å². The van der Waals surface area contributed by atoms with Gasteiger partial charge in [0.25, 0.3) is 11.8 Å². The fourth-order valence-corrected chi connectivity index (χ4v) is 4.17. The van der Waals surface area contributed by atoms with Gasteiger partial charge in [-0.2, -0.15) is 4.98 Å². The van der Waals surface area contributed by atoms with Gasteiger partial charge in [-0.25, -0.2) is 0 Å². The van der Waals surface area contributed by atoms with E-state index in [9.17, 15) is 4.79 Å². The monoisotopic (exact) mass is 447 g/mol. The Morgan fingerprint density at radius 2 is 1.94 bits per heavy atom. The van der Waals surface area contributed by atoms with Crippen LogP contribution in [0.15, 0.2) is 50.1 Å². The Balaban J connectivity index is 1.24. The van der Waals surface area contributed by atoms with E-state index in [1.165, 1.54) is 0 Å². The Bertz CT molecular complexity index is 1250. The van der Waals surface area contributed by atoms with Crippen molar-refractivity contribution in [1.82, 2.24) is 25.2 Å². The number of carbonyl (C=O) groups excluding carboxylic acids is 1. The number of furan rings is 1. The topological polar surface area (TPSA) is 111 Å². The van der Waals surface area contributed by atoms with Gasteiger partial charge in [-0.05, 0) is 51.0 Å². The number of likely N-dealkylation sites (tertiary alicyclic amines) is 1. The minimum atomic E-state index is -0.265. The number of carbonyl (C=O) groups is 1. The predicted molar refractivity (Wildman–Crippen MR) is 118 cm³/mol. The molecule has 5 heterocycles. The van der Waals surface area contributed by atoms with E-state index in [0.29, 0.717) is 42.7 Å². The predicted octanol–water partition coefficient (Wildman–Crippen LogP) is 4.11. The van der Waals surface area contributed by atoms with Crippen LogP contribution in [0.1, 0.15) is 58.9 Å². The molecular formula is C24H25N5O4. The number of hydrogen-bond donors (Lipinski definition) is 0. The maximum absolute atomic E-state index is 13.0. The Kier molecular flexibility index (Phi) is 5.32. The number of pyridine rings is 1. The third-order valence-corrected chi connectivity index (χ3v) is 6.43. The van der Waals surface area contributed by atoms with Crippen molar-refractivity contribution >= 4 is 5.91 Å². The second kappa shape index (κ2) is 8.31. The maximum Gasteiger partial charge on any atom is 0.289 e. The summed E-state index contributed by atoms with van der Waals surface area (Å²) in [6.07, 6.45) is 5.41. The number of amides is 1. The summed E-state index contributed by atoms with van der Waals surface area (Å²) in [5.41, 5.74) is 2.35. The largest absolute Gasteiger partial charge is 0.456 e. The second-order valence-corrected chi connectivity index (χ2v) is 8.76. The molecule has 0 unspecified atom stereocenters. The molecule has 4 aromatic rings. The van der Waals surface area contributed by atoms with Crippen LogP contribution in [0.2, 0.25) is 0 Å². The van der Waals surface area contributed by atoms with Gasteiger partial charge in [0.15, 0.2) is 11.6 Å². The summed E-state index contributed by atoms with van der Waals surface area (Å²) >= 11 is 0. The molecule has 0 aromatic carbocycles. The first-order valence-electron chi connectivity index (χ1n) is 11.0. The lowest BCUT2D eigenvalue weighted by molar-refractivity contribution is 0.0636. The average Bonchev–Trinajstić information content (AvgIpc) is 3.58. The first kappa shape index (κ1) is 21.1. The van der Waals surface area contributed by atoms with Crippen molar-refractivity contribution in [3.8, 4) is 11.5 Å². The molecule has 4 aromatic heterocycles. The molecule has 9 nitrogen and oxygen atoms in total. The van der Waals surface area contributed by atoms with Gasteiger partial charge >= 0.3 is 0 Å². The molecule has 33 heavy (non-hydrogen) atoms. The fourth-order valence-electron chi connectivity index (χ4n) is 4.17. The average molecular weight is 447 g/mol. The van der Waals surface area contributed by atoms with Gasteiger partial charge in [-0.1, -0.05) is 17.2 Å². The minimum Gasteiger partial charge on any atom is -0.456 e. The summed E-state index contributed by atoms with van der Waals surface area (Å²) in [5, 5.41) is 8.19. The summed E-state index contributed by atoms with van der Waals surface area (Å²) in [6.45, 7) is 7.06. The molecule has 5 rings (SSSR count). The summed E-state index contributed by atoms with van der Waals surface area (Å²) in [4.78, 5) is 23.6. The zero-order valence-corrected chi connectivity index (χ0v) is 18.9. The molecule has 0 radical (unpaired) electrons. The summed E-state index contributed by atoms with van der Waals surface area (Å²) in [6, 6.07) is 7.30. The Hall–Kier alpha value is -3.75. The lowest BCUT2D eigenvalue weighted by Crippen LogP contribution is -2.44. The van der Waals surface area contributed by atoms with E-state index in [4.69, 9.17) is 13.5 Å². The van der Waals surface area contributed by atoms with Crippen molar-refractivity contribution in [3.05, 3.63) is 71.0 Å². The zero-order chi connectivity index (χ0) is 23.0. The molecule has 0 N–H and O–H groups in total. The Morgan fingerprint density at radius 1 is 1.12 bits per heavy atom. The van der Waals surface area contributed by atoms with Crippen LogP contribution < -0.4 is 0 Å². The van der Waals surface area contributed by atoms with E-state index in [2.05, 4.69) is 27.2 Å². The van der Waals surface area contributed by atoms with Crippen molar-refractivity contribution in [3.63, 3.8) is 0 Å². The van der Waals surface area contributed by atoms with E-state index in [-0.39, 0.29) is 11.3 Å². The standard InChI is InChI=1S/C24H25N5O4/c1-15-19(16(2)32-27-15)13-18-6-7-20(31-18)22(30)29-11-8-24(3,9-12-29)23-26-21(33-28-23)17-5-4-10-25-14-17/h4-7,10,14H,8-9,11-13H2,1-3H3. The molecule has 0 bridgehead atoms. The van der Waals surface area contributed by atoms with Gasteiger partial charge in [0, 0.05) is 42.9 Å². The molecule has 0 saturated carbocycles. The highest BCUT2D eigenvalue weighted by molar-refractivity contribution is 5.91. The molecule has 1 fully saturated rings. The number of aryl methyl sites for hydroxylation is 2. The SMILES string of the molecule is Cc1noc(C)c1Cc1ccc(C(=O)N2CCC(C)(c3noc(-c4cccnc4)n3)CC2)o1. The lowest BCUT2D eigenvalue weighted by atomic mass is 9.79. The second-order valence-electron chi connectivity index (χ2n) is 8.76. The molecular weight excluding hydrogens is 422 g/mol. The first-order valence-corrected chi connectivity index (χ1v) is 11.0. The highest BCUT2D eigenvalue weighted by Crippen LogP contribution is 2.35. The normalized spacial score (nSPS) is 15.7. The van der Waals surface area contributed by atoms with Crippen molar-refractivity contribution in [2.24, 2.45) is 0 Å². The van der Waals surface area contributed by atoms with E-state index in [1.807, 2.05) is 36.9 Å². The molecule has 0 spiro atoms. The van der Waals surface area contributed by atoms with E-state index >= 15 is 0 Å². The lowest BCUT2D eigenvalue weighted by Gasteiger charge is -2.36. The highest BCUT2D eigenvalue weighted by Gasteiger charge is 2.38. The molecule has 1 amide bonds. The minimum absolute atomic E-state index is 0.105. The quantitative estimate of drug-likeness (QED) is 0.449. The van der Waals surface area contributed by atoms with Crippen molar-refractivity contribution < 1.29 is 18.3 Å². The van der Waals surface area contributed by atoms with Crippen LogP contribution in [0.3, 0.4) is 0 Å². The maximum atomic E-state index is 13.0. The van der Waals surface area contributed by atoms with E-state index in [0.717, 1.165) is 35.4 Å². The number of nitrogens with zero attached hydrogens (tertiary/aromatic N) is 5. The van der Waals surface area contributed by atoms with Crippen molar-refractivity contribution in [2.45, 2.75) is 45.4 Å². The van der Waals surface area contributed by atoms with Crippen LogP contribution in [0, 0.1) is 13.8 Å². The summed E-state index contributed by atoms with van der Waals surface area (Å²) in [7, 11) is 0. The van der Waals surface area contributed by atoms with Crippen molar-refractivity contribution in [1.29, 1.82) is 0 Å². The fraction of sp³-hybridized carbons (Fsp3) is 0.375. The third-order valence-electron chi connectivity index (χ3n) is 6.43. The zero-order valence-electron chi connectivity index (χ0n) is 18.9. The molecule has 9 heteroatoms. The summed E-state index contributed by atoms with van der Waals surface area (Å²) < 4.78 is 16.5. The first-order chi connectivity index (χ1) is 15.9. The molecule has 170 valence electrons. The van der Waals surface area contributed by atoms with Gasteiger partial charge in [0.2, 0.25) is 0 Å². The number of rotatable bonds is 5. The van der Waals surface area contributed by atoms with Crippen LogP contribution >= 0.6 is 0 Å². The molecule has 0 aliphatic carbocycles. The molecule has 1 saturated heterocycles. The molecule has 1 aliphatic heterocycles. The van der Waals surface area contributed by atoms with Gasteiger partial charge < -0.3 is 18.4 Å².